The number of rotatable bonds is 4. The minimum absolute atomic E-state index is 0.125. The molecule has 166 valence electrons. The van der Waals surface area contributed by atoms with E-state index in [4.69, 9.17) is 0 Å². The molecule has 1 aromatic carbocycles. The number of anilines is 1. The minimum atomic E-state index is -4.77. The lowest BCUT2D eigenvalue weighted by Crippen LogP contribution is -2.44. The van der Waals surface area contributed by atoms with E-state index in [2.05, 4.69) is 20.3 Å². The van der Waals surface area contributed by atoms with Gasteiger partial charge in [0.25, 0.3) is 0 Å². The van der Waals surface area contributed by atoms with Gasteiger partial charge >= 0.3 is 6.18 Å². The lowest BCUT2D eigenvalue weighted by molar-refractivity contribution is -0.140. The molecule has 0 bridgehead atoms. The summed E-state index contributed by atoms with van der Waals surface area (Å²) >= 11 is 0. The quantitative estimate of drug-likeness (QED) is 0.613. The number of alkyl halides is 3. The van der Waals surface area contributed by atoms with Gasteiger partial charge in [0.05, 0.1) is 29.2 Å². The zero-order chi connectivity index (χ0) is 22.9. The smallest absolute Gasteiger partial charge is 0.373 e. The van der Waals surface area contributed by atoms with Gasteiger partial charge in [-0.1, -0.05) is 6.07 Å². The molecule has 3 aromatic rings. The Balaban J connectivity index is 1.54. The van der Waals surface area contributed by atoms with Crippen molar-refractivity contribution in [3.05, 3.63) is 71.7 Å². The fourth-order valence-electron chi connectivity index (χ4n) is 3.72. The van der Waals surface area contributed by atoms with Crippen molar-refractivity contribution in [1.29, 1.82) is 0 Å². The van der Waals surface area contributed by atoms with Crippen LogP contribution in [0.2, 0.25) is 0 Å². The number of pyridine rings is 1. The first-order valence-corrected chi connectivity index (χ1v) is 9.89. The number of carbonyl (C=O) groups excluding carboxylic acids is 1. The number of halogens is 4. The highest BCUT2D eigenvalue weighted by atomic mass is 19.4. The normalized spacial score (nSPS) is 14.6. The molecule has 0 radical (unpaired) electrons. The van der Waals surface area contributed by atoms with Gasteiger partial charge in [-0.25, -0.2) is 14.4 Å². The molecule has 0 fully saturated rings. The van der Waals surface area contributed by atoms with Gasteiger partial charge in [0, 0.05) is 30.1 Å². The van der Waals surface area contributed by atoms with Crippen LogP contribution in [0, 0.1) is 5.82 Å². The molecule has 0 spiro atoms. The number of nitrogens with zero attached hydrogens (tertiary/aromatic N) is 4. The predicted octanol–water partition coefficient (Wildman–Crippen LogP) is 4.08. The molecule has 4 rings (SSSR count). The summed E-state index contributed by atoms with van der Waals surface area (Å²) in [5.41, 5.74) is 1.29. The van der Waals surface area contributed by atoms with Crippen LogP contribution in [0.5, 0.6) is 0 Å². The van der Waals surface area contributed by atoms with Crippen LogP contribution >= 0.6 is 0 Å². The Bertz CT molecular complexity index is 1140. The van der Waals surface area contributed by atoms with Gasteiger partial charge in [0.15, 0.2) is 0 Å². The van der Waals surface area contributed by atoms with Crippen LogP contribution < -0.4 is 5.32 Å². The fraction of sp³-hybridized carbons (Fsp3) is 0.273. The highest BCUT2D eigenvalue weighted by Crippen LogP contribution is 2.34. The maximum atomic E-state index is 14.1. The van der Waals surface area contributed by atoms with Crippen LogP contribution in [0.1, 0.15) is 23.7 Å². The fourth-order valence-corrected chi connectivity index (χ4v) is 3.72. The van der Waals surface area contributed by atoms with E-state index in [1.165, 1.54) is 12.4 Å². The summed E-state index contributed by atoms with van der Waals surface area (Å²) in [4.78, 5) is 27.0. The summed E-state index contributed by atoms with van der Waals surface area (Å²) in [7, 11) is 0. The van der Waals surface area contributed by atoms with E-state index in [-0.39, 0.29) is 18.0 Å². The third-order valence-corrected chi connectivity index (χ3v) is 5.28. The second-order valence-corrected chi connectivity index (χ2v) is 7.46. The van der Waals surface area contributed by atoms with Crippen molar-refractivity contribution in [2.45, 2.75) is 32.1 Å². The Morgan fingerprint density at radius 1 is 1.22 bits per heavy atom. The monoisotopic (exact) mass is 445 g/mol. The molecular formula is C22H19F4N5O. The van der Waals surface area contributed by atoms with E-state index in [1.54, 1.807) is 30.3 Å². The number of aromatic nitrogens is 3. The zero-order valence-electron chi connectivity index (χ0n) is 17.0. The molecule has 1 amide bonds. The van der Waals surface area contributed by atoms with E-state index in [1.807, 2.05) is 6.07 Å². The molecule has 6 nitrogen and oxygen atoms in total. The molecule has 10 heteroatoms. The average molecular weight is 445 g/mol. The summed E-state index contributed by atoms with van der Waals surface area (Å²) in [6.07, 6.45) is 0.167. The second kappa shape index (κ2) is 8.52. The van der Waals surface area contributed by atoms with Crippen molar-refractivity contribution in [2.75, 3.05) is 11.9 Å². The molecule has 32 heavy (non-hydrogen) atoms. The van der Waals surface area contributed by atoms with Gasteiger partial charge in [0.2, 0.25) is 5.91 Å². The van der Waals surface area contributed by atoms with Gasteiger partial charge in [-0.3, -0.25) is 9.78 Å². The van der Waals surface area contributed by atoms with Crippen molar-refractivity contribution in [3.63, 3.8) is 0 Å². The van der Waals surface area contributed by atoms with Gasteiger partial charge in [-0.2, -0.15) is 13.2 Å². The topological polar surface area (TPSA) is 71.0 Å². The lowest BCUT2D eigenvalue weighted by Gasteiger charge is -2.31. The van der Waals surface area contributed by atoms with Crippen LogP contribution in [-0.2, 0) is 23.9 Å². The second-order valence-electron chi connectivity index (χ2n) is 7.46. The van der Waals surface area contributed by atoms with E-state index >= 15 is 0 Å². The van der Waals surface area contributed by atoms with Crippen molar-refractivity contribution < 1.29 is 22.4 Å². The van der Waals surface area contributed by atoms with Crippen molar-refractivity contribution in [2.24, 2.45) is 0 Å². The first-order valence-electron chi connectivity index (χ1n) is 9.89. The maximum absolute atomic E-state index is 14.1. The number of hydrogen-bond acceptors (Lipinski definition) is 5. The zero-order valence-corrected chi connectivity index (χ0v) is 17.0. The maximum Gasteiger partial charge on any atom is 0.419 e. The Kier molecular flexibility index (Phi) is 5.77. The van der Waals surface area contributed by atoms with Gasteiger partial charge < -0.3 is 10.2 Å². The Morgan fingerprint density at radius 3 is 2.72 bits per heavy atom. The van der Waals surface area contributed by atoms with E-state index in [0.717, 1.165) is 11.8 Å². The molecule has 3 heterocycles. The Hall–Kier alpha value is -3.56. The molecule has 0 aliphatic carbocycles. The molecule has 0 unspecified atom stereocenters. The summed E-state index contributed by atoms with van der Waals surface area (Å²) in [5, 5.41) is 3.10. The van der Waals surface area contributed by atoms with Gasteiger partial charge in [-0.05, 0) is 37.6 Å². The minimum Gasteiger partial charge on any atom is -0.373 e. The highest BCUT2D eigenvalue weighted by molar-refractivity contribution is 5.84. The van der Waals surface area contributed by atoms with Gasteiger partial charge in [-0.15, -0.1) is 0 Å². The summed E-state index contributed by atoms with van der Waals surface area (Å²) in [6.45, 7) is 2.36. The highest BCUT2D eigenvalue weighted by Gasteiger charge is 2.34. The van der Waals surface area contributed by atoms with Crippen LogP contribution in [-0.4, -0.2) is 38.3 Å². The number of hydrogen-bond donors (Lipinski definition) is 1. The van der Waals surface area contributed by atoms with Crippen molar-refractivity contribution in [3.8, 4) is 11.3 Å². The van der Waals surface area contributed by atoms with Crippen molar-refractivity contribution >= 4 is 11.6 Å². The molecule has 1 aliphatic rings. The Labute approximate surface area is 181 Å². The molecule has 2 aromatic heterocycles. The van der Waals surface area contributed by atoms with Crippen LogP contribution in [0.4, 0.5) is 23.2 Å². The van der Waals surface area contributed by atoms with E-state index < -0.39 is 23.6 Å². The first kappa shape index (κ1) is 21.7. The molecular weight excluding hydrogens is 426 g/mol. The van der Waals surface area contributed by atoms with Crippen LogP contribution in [0.25, 0.3) is 11.3 Å². The van der Waals surface area contributed by atoms with E-state index in [9.17, 15) is 22.4 Å². The molecule has 1 atom stereocenters. The number of carbonyl (C=O) groups is 1. The number of amides is 1. The van der Waals surface area contributed by atoms with Crippen LogP contribution in [0.15, 0.2) is 49.1 Å². The molecule has 0 saturated heterocycles. The molecule has 1 N–H and O–H groups in total. The predicted molar refractivity (Wildman–Crippen MR) is 109 cm³/mol. The third-order valence-electron chi connectivity index (χ3n) is 5.28. The van der Waals surface area contributed by atoms with Crippen molar-refractivity contribution in [1.82, 2.24) is 19.9 Å². The number of benzene rings is 1. The molecule has 1 aliphatic heterocycles. The van der Waals surface area contributed by atoms with Gasteiger partial charge in [0.1, 0.15) is 18.2 Å². The largest absolute Gasteiger partial charge is 0.419 e. The first-order chi connectivity index (χ1) is 15.2. The third kappa shape index (κ3) is 4.39. The standard InChI is InChI=1S/C22H19F4N5O/c1-13(30-15-3-2-7-27-10-15)21(32)31-8-6-16-19(11-31)28-12-29-20(16)14-4-5-17(18(23)9-14)22(24,25)26/h2-5,7,9-10,12-13,30H,6,8,11H2,1H3/t13-/m1/s1. The summed E-state index contributed by atoms with van der Waals surface area (Å²) < 4.78 is 52.7. The number of nitrogens with one attached hydrogen (secondary N) is 1. The lowest BCUT2D eigenvalue weighted by atomic mass is 9.97. The SMILES string of the molecule is C[C@@H](Nc1cccnc1)C(=O)N1CCc2c(ncnc2-c2ccc(C(F)(F)F)c(F)c2)C1. The Morgan fingerprint density at radius 2 is 2.03 bits per heavy atom. The average Bonchev–Trinajstić information content (AvgIpc) is 2.77. The summed E-state index contributed by atoms with van der Waals surface area (Å²) in [6, 6.07) is 5.83. The van der Waals surface area contributed by atoms with E-state index in [0.29, 0.717) is 36.0 Å². The summed E-state index contributed by atoms with van der Waals surface area (Å²) in [5.74, 6) is -1.48. The molecule has 0 saturated carbocycles. The van der Waals surface area contributed by atoms with Crippen LogP contribution in [0.3, 0.4) is 0 Å². The number of fused-ring (bicyclic) bond motifs is 1.